The molecular weight excluding hydrogens is 570 g/mol. The highest BCUT2D eigenvalue weighted by atomic mass is 35.5. The van der Waals surface area contributed by atoms with Crippen LogP contribution in [-0.4, -0.2) is 35.2 Å². The van der Waals surface area contributed by atoms with Crippen molar-refractivity contribution in [2.45, 2.75) is 11.8 Å². The van der Waals surface area contributed by atoms with Crippen molar-refractivity contribution in [2.75, 3.05) is 23.0 Å². The monoisotopic (exact) mass is 586 g/mol. The number of hydrogen-bond acceptors (Lipinski definition) is 5. The number of thioether (sulfide) groups is 1. The zero-order chi connectivity index (χ0) is 26.4. The van der Waals surface area contributed by atoms with E-state index >= 15 is 0 Å². The van der Waals surface area contributed by atoms with E-state index in [2.05, 4.69) is 10.6 Å². The number of aromatic carboxylic acids is 1. The van der Waals surface area contributed by atoms with Gasteiger partial charge in [-0.05, 0) is 43.3 Å². The first-order chi connectivity index (χ1) is 17.1. The summed E-state index contributed by atoms with van der Waals surface area (Å²) in [7, 11) is 0. The van der Waals surface area contributed by atoms with Gasteiger partial charge in [-0.2, -0.15) is 0 Å². The lowest BCUT2D eigenvalue weighted by molar-refractivity contribution is -0.113. The van der Waals surface area contributed by atoms with Gasteiger partial charge in [0, 0.05) is 10.6 Å². The van der Waals surface area contributed by atoms with Crippen LogP contribution in [0.4, 0.5) is 11.4 Å². The maximum Gasteiger partial charge on any atom is 0.338 e. The van der Waals surface area contributed by atoms with Gasteiger partial charge in [-0.1, -0.05) is 58.5 Å². The fraction of sp³-hybridized carbons (Fsp3) is 0.125. The molecule has 0 bridgehead atoms. The van der Waals surface area contributed by atoms with Crippen molar-refractivity contribution in [3.8, 4) is 5.75 Å². The molecule has 2 amide bonds. The quantitative estimate of drug-likeness (QED) is 0.137. The van der Waals surface area contributed by atoms with Gasteiger partial charge in [-0.15, -0.1) is 11.8 Å². The summed E-state index contributed by atoms with van der Waals surface area (Å²) in [5.41, 5.74) is -0.0254. The molecule has 0 unspecified atom stereocenters. The van der Waals surface area contributed by atoms with Gasteiger partial charge < -0.3 is 20.5 Å². The smallest absolute Gasteiger partial charge is 0.338 e. The summed E-state index contributed by atoms with van der Waals surface area (Å²) >= 11 is 25.3. The van der Waals surface area contributed by atoms with E-state index in [9.17, 15) is 19.5 Å². The molecule has 3 rings (SSSR count). The summed E-state index contributed by atoms with van der Waals surface area (Å²) in [4.78, 5) is 37.7. The van der Waals surface area contributed by atoms with Crippen LogP contribution in [0.25, 0.3) is 0 Å². The number of carbonyl (C=O) groups excluding carboxylic acids is 2. The van der Waals surface area contributed by atoms with Crippen LogP contribution in [0.1, 0.15) is 27.6 Å². The number of carbonyl (C=O) groups is 3. The van der Waals surface area contributed by atoms with Crippen molar-refractivity contribution >= 4 is 87.3 Å². The minimum Gasteiger partial charge on any atom is -0.492 e. The first kappa shape index (κ1) is 28.0. The van der Waals surface area contributed by atoms with Crippen molar-refractivity contribution < 1.29 is 24.2 Å². The second kappa shape index (κ2) is 12.6. The summed E-state index contributed by atoms with van der Waals surface area (Å²) in [5, 5.41) is 13.7. The van der Waals surface area contributed by atoms with Crippen LogP contribution in [-0.2, 0) is 4.79 Å². The third-order valence-electron chi connectivity index (χ3n) is 4.65. The van der Waals surface area contributed by atoms with Crippen molar-refractivity contribution in [2.24, 2.45) is 0 Å². The fourth-order valence-electron chi connectivity index (χ4n) is 3.06. The number of ether oxygens (including phenoxy) is 1. The fourth-order valence-corrected chi connectivity index (χ4v) is 4.78. The summed E-state index contributed by atoms with van der Waals surface area (Å²) in [5.74, 6) is -1.79. The van der Waals surface area contributed by atoms with Gasteiger partial charge >= 0.3 is 5.97 Å². The second-order valence-electron chi connectivity index (χ2n) is 7.06. The van der Waals surface area contributed by atoms with E-state index in [1.54, 1.807) is 42.5 Å². The Bertz CT molecular complexity index is 1320. The van der Waals surface area contributed by atoms with Gasteiger partial charge in [0.1, 0.15) is 5.75 Å². The third-order valence-corrected chi connectivity index (χ3v) is 7.47. The predicted molar refractivity (Wildman–Crippen MR) is 145 cm³/mol. The average Bonchev–Trinajstić information content (AvgIpc) is 2.85. The highest BCUT2D eigenvalue weighted by Crippen LogP contribution is 2.41. The molecule has 7 nitrogen and oxygen atoms in total. The molecule has 0 aliphatic rings. The lowest BCUT2D eigenvalue weighted by Gasteiger charge is -2.14. The Hall–Kier alpha value is -2.62. The number of nitrogens with one attached hydrogen (secondary N) is 2. The van der Waals surface area contributed by atoms with Crippen molar-refractivity contribution in [1.29, 1.82) is 0 Å². The van der Waals surface area contributed by atoms with Crippen LogP contribution in [0.5, 0.6) is 5.75 Å². The topological polar surface area (TPSA) is 105 Å². The molecule has 0 fully saturated rings. The Morgan fingerprint density at radius 3 is 2.08 bits per heavy atom. The number of carboxylic acid groups (broad SMARTS) is 1. The average molecular weight is 588 g/mol. The molecule has 0 aliphatic heterocycles. The van der Waals surface area contributed by atoms with Gasteiger partial charge in [0.25, 0.3) is 5.91 Å². The third kappa shape index (κ3) is 6.57. The molecule has 0 aromatic heterocycles. The summed E-state index contributed by atoms with van der Waals surface area (Å²) in [6.07, 6.45) is 0. The van der Waals surface area contributed by atoms with Crippen LogP contribution in [0, 0.1) is 0 Å². The highest BCUT2D eigenvalue weighted by Gasteiger charge is 2.28. The Morgan fingerprint density at radius 1 is 0.861 bits per heavy atom. The van der Waals surface area contributed by atoms with Gasteiger partial charge in [-0.25, -0.2) is 4.79 Å². The molecule has 36 heavy (non-hydrogen) atoms. The van der Waals surface area contributed by atoms with Crippen LogP contribution in [0.15, 0.2) is 53.4 Å². The zero-order valence-electron chi connectivity index (χ0n) is 18.5. The van der Waals surface area contributed by atoms with Gasteiger partial charge in [0.2, 0.25) is 5.91 Å². The number of halogens is 4. The number of carboxylic acids is 1. The number of para-hydroxylation sites is 2. The minimum atomic E-state index is -1.49. The summed E-state index contributed by atoms with van der Waals surface area (Å²) in [6.45, 7) is 2.34. The molecule has 0 spiro atoms. The van der Waals surface area contributed by atoms with E-state index in [-0.39, 0.29) is 26.7 Å². The predicted octanol–water partition coefficient (Wildman–Crippen LogP) is 7.38. The van der Waals surface area contributed by atoms with Gasteiger partial charge in [0.15, 0.2) is 0 Å². The number of benzene rings is 3. The number of anilines is 2. The van der Waals surface area contributed by atoms with E-state index < -0.39 is 28.0 Å². The van der Waals surface area contributed by atoms with E-state index in [4.69, 9.17) is 51.1 Å². The van der Waals surface area contributed by atoms with Gasteiger partial charge in [0.05, 0.1) is 49.3 Å². The number of rotatable bonds is 9. The van der Waals surface area contributed by atoms with Crippen LogP contribution in [0.2, 0.25) is 20.1 Å². The molecule has 3 aromatic rings. The summed E-state index contributed by atoms with van der Waals surface area (Å²) in [6, 6.07) is 13.7. The first-order valence-corrected chi connectivity index (χ1v) is 12.8. The molecule has 188 valence electrons. The lowest BCUT2D eigenvalue weighted by Crippen LogP contribution is -2.18. The molecule has 0 aliphatic carbocycles. The normalized spacial score (nSPS) is 10.6. The zero-order valence-corrected chi connectivity index (χ0v) is 22.4. The van der Waals surface area contributed by atoms with Gasteiger partial charge in [-0.3, -0.25) is 9.59 Å². The Balaban J connectivity index is 1.66. The lowest BCUT2D eigenvalue weighted by atomic mass is 10.1. The van der Waals surface area contributed by atoms with Crippen molar-refractivity contribution in [3.63, 3.8) is 0 Å². The summed E-state index contributed by atoms with van der Waals surface area (Å²) < 4.78 is 5.51. The number of hydrogen-bond donors (Lipinski definition) is 3. The molecular formula is C24H18Cl4N2O5S. The minimum absolute atomic E-state index is 0.144. The van der Waals surface area contributed by atoms with E-state index in [1.165, 1.54) is 11.8 Å². The molecule has 0 heterocycles. The standard InChI is InChI=1S/C24H18Cl4N2O5S/c1-2-35-15-6-4-3-5-14(15)30-16(31)11-36-13-9-7-12(8-10-13)29-23(32)17-18(24(33)34)20(26)22(28)21(27)19(17)25/h3-10H,2,11H2,1H3,(H,29,32)(H,30,31)(H,33,34). The highest BCUT2D eigenvalue weighted by molar-refractivity contribution is 8.00. The second-order valence-corrected chi connectivity index (χ2v) is 9.62. The molecule has 0 saturated carbocycles. The Labute approximate surface area is 231 Å². The van der Waals surface area contributed by atoms with Crippen LogP contribution >= 0.6 is 58.2 Å². The SMILES string of the molecule is CCOc1ccccc1NC(=O)CSc1ccc(NC(=O)c2c(Cl)c(Cl)c(Cl)c(Cl)c2C(=O)O)cc1. The Kier molecular flexibility index (Phi) is 9.76. The maximum atomic E-state index is 12.8. The molecule has 0 atom stereocenters. The molecule has 0 saturated heterocycles. The van der Waals surface area contributed by atoms with Crippen molar-refractivity contribution in [3.05, 3.63) is 79.7 Å². The largest absolute Gasteiger partial charge is 0.492 e. The molecule has 3 N–H and O–H groups in total. The molecule has 12 heteroatoms. The molecule has 0 radical (unpaired) electrons. The number of amides is 2. The van der Waals surface area contributed by atoms with E-state index in [1.807, 2.05) is 13.0 Å². The van der Waals surface area contributed by atoms with E-state index in [0.717, 1.165) is 4.90 Å². The molecule has 3 aromatic carbocycles. The maximum absolute atomic E-state index is 12.8. The van der Waals surface area contributed by atoms with E-state index in [0.29, 0.717) is 23.7 Å². The van der Waals surface area contributed by atoms with Crippen LogP contribution in [0.3, 0.4) is 0 Å². The van der Waals surface area contributed by atoms with Crippen molar-refractivity contribution in [1.82, 2.24) is 0 Å². The Morgan fingerprint density at radius 2 is 1.47 bits per heavy atom. The first-order valence-electron chi connectivity index (χ1n) is 10.3. The van der Waals surface area contributed by atoms with Crippen LogP contribution < -0.4 is 15.4 Å².